The standard InChI is InChI=1S/C16H25FN2/c1-12(2)11-19-10-6-5-9-15(18)16(19)13-7-3-4-8-14(13)17/h3-4,7-8,12,15-16H,5-6,9-11,18H2,1-2H3. The Bertz CT molecular complexity index is 405. The number of likely N-dealkylation sites (tertiary alicyclic amines) is 1. The number of hydrogen-bond donors (Lipinski definition) is 1. The third-order valence-electron chi connectivity index (χ3n) is 3.86. The molecule has 19 heavy (non-hydrogen) atoms. The fourth-order valence-electron chi connectivity index (χ4n) is 3.08. The molecule has 1 fully saturated rings. The van der Waals surface area contributed by atoms with Crippen LogP contribution in [0.1, 0.15) is 44.7 Å². The predicted octanol–water partition coefficient (Wildman–Crippen LogP) is 3.34. The van der Waals surface area contributed by atoms with Crippen LogP contribution in [-0.2, 0) is 0 Å². The first kappa shape index (κ1) is 14.5. The molecule has 0 radical (unpaired) electrons. The van der Waals surface area contributed by atoms with E-state index < -0.39 is 0 Å². The van der Waals surface area contributed by atoms with E-state index in [9.17, 15) is 4.39 Å². The fourth-order valence-corrected chi connectivity index (χ4v) is 3.08. The summed E-state index contributed by atoms with van der Waals surface area (Å²) in [6.45, 7) is 6.40. The van der Waals surface area contributed by atoms with Crippen LogP contribution in [0.3, 0.4) is 0 Å². The molecular formula is C16H25FN2. The highest BCUT2D eigenvalue weighted by Crippen LogP contribution is 2.31. The maximum atomic E-state index is 14.1. The largest absolute Gasteiger partial charge is 0.326 e. The first-order chi connectivity index (χ1) is 9.09. The van der Waals surface area contributed by atoms with Crippen molar-refractivity contribution in [3.8, 4) is 0 Å². The van der Waals surface area contributed by atoms with E-state index in [1.54, 1.807) is 12.1 Å². The number of nitrogens with zero attached hydrogens (tertiary/aromatic N) is 1. The molecule has 2 atom stereocenters. The van der Waals surface area contributed by atoms with E-state index in [1.165, 1.54) is 0 Å². The van der Waals surface area contributed by atoms with Gasteiger partial charge in [-0.1, -0.05) is 38.5 Å². The van der Waals surface area contributed by atoms with Gasteiger partial charge in [0.25, 0.3) is 0 Å². The van der Waals surface area contributed by atoms with Gasteiger partial charge in [0, 0.05) is 18.2 Å². The van der Waals surface area contributed by atoms with Crippen LogP contribution in [0.15, 0.2) is 24.3 Å². The van der Waals surface area contributed by atoms with E-state index in [1.807, 2.05) is 12.1 Å². The van der Waals surface area contributed by atoms with Crippen molar-refractivity contribution >= 4 is 0 Å². The zero-order valence-corrected chi connectivity index (χ0v) is 12.0. The van der Waals surface area contributed by atoms with Gasteiger partial charge in [0.2, 0.25) is 0 Å². The molecule has 0 aromatic heterocycles. The minimum atomic E-state index is -0.126. The van der Waals surface area contributed by atoms with Crippen LogP contribution in [0, 0.1) is 11.7 Å². The predicted molar refractivity (Wildman–Crippen MR) is 77.4 cm³/mol. The minimum Gasteiger partial charge on any atom is -0.326 e. The Morgan fingerprint density at radius 1 is 1.32 bits per heavy atom. The lowest BCUT2D eigenvalue weighted by Crippen LogP contribution is -2.41. The summed E-state index contributed by atoms with van der Waals surface area (Å²) < 4.78 is 14.1. The lowest BCUT2D eigenvalue weighted by Gasteiger charge is -2.35. The molecule has 2 unspecified atom stereocenters. The maximum Gasteiger partial charge on any atom is 0.128 e. The van der Waals surface area contributed by atoms with E-state index in [2.05, 4.69) is 18.7 Å². The van der Waals surface area contributed by atoms with Gasteiger partial charge in [0.15, 0.2) is 0 Å². The van der Waals surface area contributed by atoms with Crippen LogP contribution >= 0.6 is 0 Å². The van der Waals surface area contributed by atoms with Gasteiger partial charge >= 0.3 is 0 Å². The van der Waals surface area contributed by atoms with Gasteiger partial charge < -0.3 is 5.73 Å². The summed E-state index contributed by atoms with van der Waals surface area (Å²) in [5.41, 5.74) is 7.10. The Labute approximate surface area is 115 Å². The quantitative estimate of drug-likeness (QED) is 0.907. The Morgan fingerprint density at radius 3 is 2.74 bits per heavy atom. The van der Waals surface area contributed by atoms with E-state index in [0.717, 1.165) is 37.9 Å². The highest BCUT2D eigenvalue weighted by Gasteiger charge is 2.30. The highest BCUT2D eigenvalue weighted by atomic mass is 19.1. The lowest BCUT2D eigenvalue weighted by molar-refractivity contribution is 0.162. The van der Waals surface area contributed by atoms with Crippen molar-refractivity contribution in [1.82, 2.24) is 4.90 Å². The van der Waals surface area contributed by atoms with Crippen molar-refractivity contribution in [3.63, 3.8) is 0 Å². The maximum absolute atomic E-state index is 14.1. The Balaban J connectivity index is 2.31. The summed E-state index contributed by atoms with van der Waals surface area (Å²) in [5, 5.41) is 0. The molecule has 0 bridgehead atoms. The second-order valence-electron chi connectivity index (χ2n) is 6.01. The Kier molecular flexibility index (Phi) is 4.94. The van der Waals surface area contributed by atoms with E-state index in [-0.39, 0.29) is 17.9 Å². The number of benzene rings is 1. The van der Waals surface area contributed by atoms with Crippen molar-refractivity contribution in [1.29, 1.82) is 0 Å². The Morgan fingerprint density at radius 2 is 2.05 bits per heavy atom. The zero-order chi connectivity index (χ0) is 13.8. The van der Waals surface area contributed by atoms with Crippen LogP contribution < -0.4 is 5.73 Å². The van der Waals surface area contributed by atoms with Crippen molar-refractivity contribution in [2.45, 2.75) is 45.2 Å². The molecule has 0 spiro atoms. The molecule has 1 aromatic carbocycles. The van der Waals surface area contributed by atoms with Crippen LogP contribution in [-0.4, -0.2) is 24.0 Å². The highest BCUT2D eigenvalue weighted by molar-refractivity contribution is 5.23. The molecule has 106 valence electrons. The van der Waals surface area contributed by atoms with Crippen LogP contribution in [0.25, 0.3) is 0 Å². The van der Waals surface area contributed by atoms with Gasteiger partial charge in [0.05, 0.1) is 6.04 Å². The molecule has 1 aliphatic rings. The number of halogens is 1. The fraction of sp³-hybridized carbons (Fsp3) is 0.625. The van der Waals surface area contributed by atoms with Crippen molar-refractivity contribution in [2.75, 3.05) is 13.1 Å². The summed E-state index contributed by atoms with van der Waals surface area (Å²) in [4.78, 5) is 2.38. The van der Waals surface area contributed by atoms with Crippen LogP contribution in [0.2, 0.25) is 0 Å². The van der Waals surface area contributed by atoms with Gasteiger partial charge in [-0.3, -0.25) is 4.90 Å². The molecule has 1 aliphatic heterocycles. The number of nitrogens with two attached hydrogens (primary N) is 1. The van der Waals surface area contributed by atoms with Gasteiger partial charge in [-0.2, -0.15) is 0 Å². The van der Waals surface area contributed by atoms with Gasteiger partial charge in [-0.15, -0.1) is 0 Å². The zero-order valence-electron chi connectivity index (χ0n) is 12.0. The molecule has 2 N–H and O–H groups in total. The lowest BCUT2D eigenvalue weighted by atomic mass is 9.95. The normalized spacial score (nSPS) is 25.5. The third kappa shape index (κ3) is 3.54. The van der Waals surface area contributed by atoms with Crippen molar-refractivity contribution in [2.24, 2.45) is 11.7 Å². The van der Waals surface area contributed by atoms with Crippen LogP contribution in [0.4, 0.5) is 4.39 Å². The van der Waals surface area contributed by atoms with Gasteiger partial charge in [-0.05, 0) is 31.4 Å². The first-order valence-corrected chi connectivity index (χ1v) is 7.33. The molecule has 0 saturated carbocycles. The molecule has 2 nitrogen and oxygen atoms in total. The van der Waals surface area contributed by atoms with Crippen molar-refractivity contribution < 1.29 is 4.39 Å². The third-order valence-corrected chi connectivity index (χ3v) is 3.86. The second kappa shape index (κ2) is 6.49. The minimum absolute atomic E-state index is 0.0195. The summed E-state index contributed by atoms with van der Waals surface area (Å²) in [6.07, 6.45) is 3.28. The van der Waals surface area contributed by atoms with E-state index in [0.29, 0.717) is 5.92 Å². The second-order valence-corrected chi connectivity index (χ2v) is 6.01. The monoisotopic (exact) mass is 264 g/mol. The van der Waals surface area contributed by atoms with Crippen LogP contribution in [0.5, 0.6) is 0 Å². The molecule has 3 heteroatoms. The molecule has 0 amide bonds. The van der Waals surface area contributed by atoms with Crippen molar-refractivity contribution in [3.05, 3.63) is 35.6 Å². The molecular weight excluding hydrogens is 239 g/mol. The topological polar surface area (TPSA) is 29.3 Å². The molecule has 1 heterocycles. The SMILES string of the molecule is CC(C)CN1CCCCC(N)C1c1ccccc1F. The smallest absolute Gasteiger partial charge is 0.128 e. The first-order valence-electron chi connectivity index (χ1n) is 7.33. The molecule has 2 rings (SSSR count). The summed E-state index contributed by atoms with van der Waals surface area (Å²) in [7, 11) is 0. The van der Waals surface area contributed by atoms with E-state index in [4.69, 9.17) is 5.73 Å². The van der Waals surface area contributed by atoms with Gasteiger partial charge in [0.1, 0.15) is 5.82 Å². The molecule has 1 aromatic rings. The molecule has 0 aliphatic carbocycles. The average Bonchev–Trinajstić information content (AvgIpc) is 2.52. The summed E-state index contributed by atoms with van der Waals surface area (Å²) in [5.74, 6) is 0.443. The van der Waals surface area contributed by atoms with E-state index >= 15 is 0 Å². The number of hydrogen-bond acceptors (Lipinski definition) is 2. The Hall–Kier alpha value is -0.930. The average molecular weight is 264 g/mol. The molecule has 1 saturated heterocycles. The summed E-state index contributed by atoms with van der Waals surface area (Å²) >= 11 is 0. The van der Waals surface area contributed by atoms with Gasteiger partial charge in [-0.25, -0.2) is 4.39 Å². The summed E-state index contributed by atoms with van der Waals surface area (Å²) in [6, 6.07) is 7.13. The number of rotatable bonds is 3.